The summed E-state index contributed by atoms with van der Waals surface area (Å²) in [4.78, 5) is 11.5. The summed E-state index contributed by atoms with van der Waals surface area (Å²) in [6, 6.07) is 6.00. The Morgan fingerprint density at radius 1 is 1.32 bits per heavy atom. The van der Waals surface area contributed by atoms with E-state index in [0.717, 1.165) is 18.4 Å². The predicted molar refractivity (Wildman–Crippen MR) is 69.7 cm³/mol. The average molecular weight is 263 g/mol. The van der Waals surface area contributed by atoms with Crippen molar-refractivity contribution in [2.24, 2.45) is 0 Å². The monoisotopic (exact) mass is 263 g/mol. The number of halogens is 1. The molecule has 102 valence electrons. The molecule has 0 amide bonds. The lowest BCUT2D eigenvalue weighted by atomic mass is 9.85. The molecule has 2 bridgehead atoms. The first-order valence-corrected chi connectivity index (χ1v) is 6.81. The van der Waals surface area contributed by atoms with E-state index in [9.17, 15) is 9.18 Å². The normalized spacial score (nSPS) is 29.3. The Morgan fingerprint density at radius 2 is 2.00 bits per heavy atom. The van der Waals surface area contributed by atoms with Crippen LogP contribution in [0.15, 0.2) is 18.2 Å². The minimum atomic E-state index is -0.601. The molecule has 2 saturated heterocycles. The number of carbonyl (C=O) groups excluding carboxylic acids is 1. The number of hydrogen-bond acceptors (Lipinski definition) is 3. The largest absolute Gasteiger partial charge is 0.465 e. The zero-order valence-electron chi connectivity index (χ0n) is 11.0. The van der Waals surface area contributed by atoms with Crippen molar-refractivity contribution in [2.45, 2.75) is 43.7 Å². The van der Waals surface area contributed by atoms with Gasteiger partial charge >= 0.3 is 5.97 Å². The number of fused-ring (bicyclic) bond motifs is 2. The van der Waals surface area contributed by atoms with E-state index in [-0.39, 0.29) is 5.56 Å². The second kappa shape index (κ2) is 4.93. The molecular formula is C15H18FNO2. The van der Waals surface area contributed by atoms with Crippen LogP contribution in [0, 0.1) is 5.82 Å². The Kier molecular flexibility index (Phi) is 3.27. The van der Waals surface area contributed by atoms with Gasteiger partial charge in [-0.2, -0.15) is 0 Å². The summed E-state index contributed by atoms with van der Waals surface area (Å²) >= 11 is 0. The van der Waals surface area contributed by atoms with Gasteiger partial charge in [0, 0.05) is 12.1 Å². The molecule has 19 heavy (non-hydrogen) atoms. The zero-order valence-corrected chi connectivity index (χ0v) is 11.0. The first-order valence-electron chi connectivity index (χ1n) is 6.81. The van der Waals surface area contributed by atoms with Crippen LogP contribution in [0.25, 0.3) is 0 Å². The maximum Gasteiger partial charge on any atom is 0.340 e. The fourth-order valence-electron chi connectivity index (χ4n) is 3.39. The van der Waals surface area contributed by atoms with Crippen LogP contribution in [-0.2, 0) is 4.74 Å². The molecule has 1 unspecified atom stereocenters. The van der Waals surface area contributed by atoms with Crippen molar-refractivity contribution in [3.63, 3.8) is 0 Å². The van der Waals surface area contributed by atoms with Crippen molar-refractivity contribution in [1.29, 1.82) is 0 Å². The van der Waals surface area contributed by atoms with Crippen molar-refractivity contribution in [1.82, 2.24) is 5.32 Å². The summed E-state index contributed by atoms with van der Waals surface area (Å²) in [5.41, 5.74) is 1.10. The minimum Gasteiger partial charge on any atom is -0.465 e. The van der Waals surface area contributed by atoms with Gasteiger partial charge in [-0.05, 0) is 49.3 Å². The fourth-order valence-corrected chi connectivity index (χ4v) is 3.39. The Morgan fingerprint density at radius 3 is 2.63 bits per heavy atom. The Hall–Kier alpha value is -1.42. The molecule has 1 aromatic carbocycles. The first kappa shape index (κ1) is 12.6. The van der Waals surface area contributed by atoms with Gasteiger partial charge in [0.05, 0.1) is 12.7 Å². The number of rotatable bonds is 2. The lowest BCUT2D eigenvalue weighted by Crippen LogP contribution is -2.37. The van der Waals surface area contributed by atoms with Crippen LogP contribution >= 0.6 is 0 Å². The number of carbonyl (C=O) groups is 1. The molecule has 2 heterocycles. The van der Waals surface area contributed by atoms with E-state index in [1.807, 2.05) is 0 Å². The van der Waals surface area contributed by atoms with Crippen LogP contribution in [0.3, 0.4) is 0 Å². The van der Waals surface area contributed by atoms with E-state index in [2.05, 4.69) is 10.1 Å². The van der Waals surface area contributed by atoms with Crippen LogP contribution in [0.1, 0.15) is 47.5 Å². The summed E-state index contributed by atoms with van der Waals surface area (Å²) in [6.45, 7) is 0. The number of benzene rings is 1. The number of esters is 1. The molecule has 3 nitrogen and oxygen atoms in total. The van der Waals surface area contributed by atoms with Crippen molar-refractivity contribution >= 4 is 5.97 Å². The molecule has 0 radical (unpaired) electrons. The van der Waals surface area contributed by atoms with Gasteiger partial charge in [0.2, 0.25) is 0 Å². The van der Waals surface area contributed by atoms with Gasteiger partial charge in [-0.3, -0.25) is 0 Å². The molecule has 0 aliphatic carbocycles. The molecule has 3 rings (SSSR count). The van der Waals surface area contributed by atoms with Crippen molar-refractivity contribution < 1.29 is 13.9 Å². The molecule has 3 atom stereocenters. The smallest absolute Gasteiger partial charge is 0.340 e. The molecule has 2 aliphatic rings. The molecule has 0 aromatic heterocycles. The first-order chi connectivity index (χ1) is 9.17. The topological polar surface area (TPSA) is 38.3 Å². The standard InChI is InChI=1S/C15H18FNO2/c1-19-15(18)13-8-9(2-5-14(13)16)10-6-11-3-4-12(7-10)17-11/h2,5,8,10-12,17H,3-4,6-7H2,1H3/t10?,11-,12+. The van der Waals surface area contributed by atoms with Crippen molar-refractivity contribution in [2.75, 3.05) is 7.11 Å². The quantitative estimate of drug-likeness (QED) is 0.834. The number of ether oxygens (including phenoxy) is 1. The second-order valence-corrected chi connectivity index (χ2v) is 5.54. The maximum atomic E-state index is 13.6. The minimum absolute atomic E-state index is 0.0471. The SMILES string of the molecule is COC(=O)c1cc(C2C[C@H]3CC[C@@H](C2)N3)ccc1F. The Balaban J connectivity index is 1.87. The highest BCUT2D eigenvalue weighted by Crippen LogP contribution is 2.37. The summed E-state index contributed by atoms with van der Waals surface area (Å²) < 4.78 is 18.2. The molecule has 0 spiro atoms. The van der Waals surface area contributed by atoms with Gasteiger partial charge in [-0.25, -0.2) is 9.18 Å². The highest BCUT2D eigenvalue weighted by molar-refractivity contribution is 5.89. The summed E-state index contributed by atoms with van der Waals surface area (Å²) in [6.07, 6.45) is 4.60. The van der Waals surface area contributed by atoms with Gasteiger partial charge in [0.25, 0.3) is 0 Å². The van der Waals surface area contributed by atoms with Crippen LogP contribution < -0.4 is 5.32 Å². The van der Waals surface area contributed by atoms with E-state index in [4.69, 9.17) is 0 Å². The predicted octanol–water partition coefficient (Wildman–Crippen LogP) is 2.61. The molecule has 1 N–H and O–H groups in total. The average Bonchev–Trinajstić information content (AvgIpc) is 2.77. The Labute approximate surface area is 112 Å². The number of hydrogen-bond donors (Lipinski definition) is 1. The highest BCUT2D eigenvalue weighted by atomic mass is 19.1. The van der Waals surface area contributed by atoms with Gasteiger partial charge in [-0.1, -0.05) is 6.07 Å². The van der Waals surface area contributed by atoms with Gasteiger partial charge in [-0.15, -0.1) is 0 Å². The van der Waals surface area contributed by atoms with Gasteiger partial charge < -0.3 is 10.1 Å². The molecule has 2 aliphatic heterocycles. The molecular weight excluding hydrogens is 245 g/mol. The number of piperidine rings is 1. The fraction of sp³-hybridized carbons (Fsp3) is 0.533. The Bertz CT molecular complexity index is 491. The van der Waals surface area contributed by atoms with Crippen LogP contribution in [0.2, 0.25) is 0 Å². The maximum absolute atomic E-state index is 13.6. The number of methoxy groups -OCH3 is 1. The third kappa shape index (κ3) is 2.37. The molecule has 2 fully saturated rings. The van der Waals surface area contributed by atoms with Crippen molar-refractivity contribution in [3.05, 3.63) is 35.1 Å². The second-order valence-electron chi connectivity index (χ2n) is 5.54. The summed E-state index contributed by atoms with van der Waals surface area (Å²) in [7, 11) is 1.28. The third-order valence-electron chi connectivity index (χ3n) is 4.34. The van der Waals surface area contributed by atoms with Gasteiger partial charge in [0.15, 0.2) is 0 Å². The van der Waals surface area contributed by atoms with Crippen LogP contribution in [-0.4, -0.2) is 25.2 Å². The van der Waals surface area contributed by atoms with E-state index in [1.54, 1.807) is 12.1 Å². The van der Waals surface area contributed by atoms with Crippen LogP contribution in [0.5, 0.6) is 0 Å². The van der Waals surface area contributed by atoms with Crippen molar-refractivity contribution in [3.8, 4) is 0 Å². The third-order valence-corrected chi connectivity index (χ3v) is 4.34. The van der Waals surface area contributed by atoms with E-state index < -0.39 is 11.8 Å². The molecule has 4 heteroatoms. The van der Waals surface area contributed by atoms with E-state index in [0.29, 0.717) is 18.0 Å². The van der Waals surface area contributed by atoms with E-state index in [1.165, 1.54) is 26.0 Å². The number of nitrogens with one attached hydrogen (secondary N) is 1. The summed E-state index contributed by atoms with van der Waals surface area (Å²) in [5.74, 6) is -0.688. The lowest BCUT2D eigenvalue weighted by Gasteiger charge is -2.29. The highest BCUT2D eigenvalue weighted by Gasteiger charge is 2.34. The lowest BCUT2D eigenvalue weighted by molar-refractivity contribution is 0.0595. The summed E-state index contributed by atoms with van der Waals surface area (Å²) in [5, 5.41) is 3.58. The molecule has 1 aromatic rings. The van der Waals surface area contributed by atoms with Crippen LogP contribution in [0.4, 0.5) is 4.39 Å². The van der Waals surface area contributed by atoms with E-state index >= 15 is 0 Å². The van der Waals surface area contributed by atoms with Gasteiger partial charge in [0.1, 0.15) is 5.82 Å². The molecule has 0 saturated carbocycles. The zero-order chi connectivity index (χ0) is 13.4.